The molecule has 2 rings (SSSR count). The lowest BCUT2D eigenvalue weighted by atomic mass is 10.1. The third kappa shape index (κ3) is 3.53. The van der Waals surface area contributed by atoms with E-state index >= 15 is 0 Å². The van der Waals surface area contributed by atoms with Gasteiger partial charge in [0.25, 0.3) is 5.91 Å². The highest BCUT2D eigenvalue weighted by molar-refractivity contribution is 5.93. The number of carbonyl (C=O) groups excluding carboxylic acids is 1. The summed E-state index contributed by atoms with van der Waals surface area (Å²) in [4.78, 5) is 25.1. The Hall–Kier alpha value is -2.40. The van der Waals surface area contributed by atoms with Crippen LogP contribution in [0.2, 0.25) is 0 Å². The standard InChI is InChI=1S/C14H15N3O2/c15-7-10-1-3-11(4-2-10)8-17-14(19)12-5-6-13(18)16-9-12/h1-6,9H,7-8,15H2,(H,16,18)(H,17,19). The Morgan fingerprint density at radius 2 is 1.79 bits per heavy atom. The Labute approximate surface area is 110 Å². The van der Waals surface area contributed by atoms with Crippen molar-refractivity contribution in [3.05, 3.63) is 69.6 Å². The Bertz CT molecular complexity index is 597. The van der Waals surface area contributed by atoms with Crippen LogP contribution in [0, 0.1) is 0 Å². The molecule has 0 aliphatic carbocycles. The van der Waals surface area contributed by atoms with Crippen LogP contribution in [-0.4, -0.2) is 10.9 Å². The van der Waals surface area contributed by atoms with E-state index in [1.807, 2.05) is 24.3 Å². The molecule has 0 spiro atoms. The summed E-state index contributed by atoms with van der Waals surface area (Å²) in [5.74, 6) is -0.223. The molecule has 5 nitrogen and oxygen atoms in total. The Morgan fingerprint density at radius 1 is 1.11 bits per heavy atom. The summed E-state index contributed by atoms with van der Waals surface area (Å²) in [7, 11) is 0. The van der Waals surface area contributed by atoms with Gasteiger partial charge in [0.2, 0.25) is 5.56 Å². The van der Waals surface area contributed by atoms with Crippen molar-refractivity contribution >= 4 is 5.91 Å². The number of amides is 1. The Kier molecular flexibility index (Phi) is 4.10. The SMILES string of the molecule is NCc1ccc(CNC(=O)c2ccc(=O)[nH]c2)cc1. The van der Waals surface area contributed by atoms with Crippen molar-refractivity contribution in [2.45, 2.75) is 13.1 Å². The van der Waals surface area contributed by atoms with Crippen LogP contribution in [0.15, 0.2) is 47.4 Å². The Morgan fingerprint density at radius 3 is 2.37 bits per heavy atom. The van der Waals surface area contributed by atoms with E-state index in [-0.39, 0.29) is 11.5 Å². The molecule has 1 amide bonds. The molecule has 1 aromatic heterocycles. The van der Waals surface area contributed by atoms with Crippen LogP contribution in [0.4, 0.5) is 0 Å². The molecule has 2 aromatic rings. The normalized spacial score (nSPS) is 10.2. The maximum Gasteiger partial charge on any atom is 0.253 e. The van der Waals surface area contributed by atoms with Gasteiger partial charge in [0.15, 0.2) is 0 Å². The molecular formula is C14H15N3O2. The van der Waals surface area contributed by atoms with Crippen molar-refractivity contribution < 1.29 is 4.79 Å². The second kappa shape index (κ2) is 5.97. The van der Waals surface area contributed by atoms with Crippen molar-refractivity contribution in [1.82, 2.24) is 10.3 Å². The van der Waals surface area contributed by atoms with Crippen molar-refractivity contribution in [3.8, 4) is 0 Å². The van der Waals surface area contributed by atoms with E-state index in [9.17, 15) is 9.59 Å². The van der Waals surface area contributed by atoms with Gasteiger partial charge in [-0.2, -0.15) is 0 Å². The predicted octanol–water partition coefficient (Wildman–Crippen LogP) is 0.764. The number of H-pyrrole nitrogens is 1. The summed E-state index contributed by atoms with van der Waals surface area (Å²) in [5.41, 5.74) is 7.76. The summed E-state index contributed by atoms with van der Waals surface area (Å²) >= 11 is 0. The second-order valence-corrected chi connectivity index (χ2v) is 4.14. The molecule has 4 N–H and O–H groups in total. The van der Waals surface area contributed by atoms with Crippen LogP contribution in [-0.2, 0) is 13.1 Å². The molecule has 98 valence electrons. The third-order valence-corrected chi connectivity index (χ3v) is 2.76. The zero-order chi connectivity index (χ0) is 13.7. The van der Waals surface area contributed by atoms with E-state index in [4.69, 9.17) is 5.73 Å². The van der Waals surface area contributed by atoms with Crippen molar-refractivity contribution in [2.75, 3.05) is 0 Å². The topological polar surface area (TPSA) is 88.0 Å². The van der Waals surface area contributed by atoms with E-state index < -0.39 is 0 Å². The number of hydrogen-bond donors (Lipinski definition) is 3. The van der Waals surface area contributed by atoms with Gasteiger partial charge in [-0.25, -0.2) is 0 Å². The molecule has 0 unspecified atom stereocenters. The number of aromatic nitrogens is 1. The number of nitrogens with one attached hydrogen (secondary N) is 2. The summed E-state index contributed by atoms with van der Waals surface area (Å²) in [6, 6.07) is 10.5. The van der Waals surface area contributed by atoms with Gasteiger partial charge in [0.1, 0.15) is 0 Å². The summed E-state index contributed by atoms with van der Waals surface area (Å²) in [6.45, 7) is 0.937. The molecule has 19 heavy (non-hydrogen) atoms. The Balaban J connectivity index is 1.96. The number of rotatable bonds is 4. The number of aromatic amines is 1. The zero-order valence-corrected chi connectivity index (χ0v) is 10.3. The third-order valence-electron chi connectivity index (χ3n) is 2.76. The lowest BCUT2D eigenvalue weighted by Crippen LogP contribution is -2.23. The highest BCUT2D eigenvalue weighted by atomic mass is 16.1. The van der Waals surface area contributed by atoms with Crippen LogP contribution >= 0.6 is 0 Å². The van der Waals surface area contributed by atoms with Crippen molar-refractivity contribution in [1.29, 1.82) is 0 Å². The fourth-order valence-corrected chi connectivity index (χ4v) is 1.63. The smallest absolute Gasteiger partial charge is 0.253 e. The van der Waals surface area contributed by atoms with Gasteiger partial charge in [-0.3, -0.25) is 9.59 Å². The minimum Gasteiger partial charge on any atom is -0.348 e. The monoisotopic (exact) mass is 257 g/mol. The van der Waals surface area contributed by atoms with Gasteiger partial charge in [-0.15, -0.1) is 0 Å². The van der Waals surface area contributed by atoms with Crippen LogP contribution in [0.1, 0.15) is 21.5 Å². The van der Waals surface area contributed by atoms with Gasteiger partial charge in [0, 0.05) is 25.4 Å². The number of hydrogen-bond acceptors (Lipinski definition) is 3. The second-order valence-electron chi connectivity index (χ2n) is 4.14. The molecule has 0 radical (unpaired) electrons. The number of carbonyl (C=O) groups is 1. The number of benzene rings is 1. The van der Waals surface area contributed by atoms with Gasteiger partial charge < -0.3 is 16.0 Å². The summed E-state index contributed by atoms with van der Waals surface area (Å²) in [5, 5.41) is 2.78. The van der Waals surface area contributed by atoms with E-state index in [2.05, 4.69) is 10.3 Å². The van der Waals surface area contributed by atoms with Crippen LogP contribution in [0.25, 0.3) is 0 Å². The number of pyridine rings is 1. The molecule has 5 heteroatoms. The average molecular weight is 257 g/mol. The van der Waals surface area contributed by atoms with Gasteiger partial charge in [0.05, 0.1) is 5.56 Å². The summed E-state index contributed by atoms with van der Waals surface area (Å²) in [6.07, 6.45) is 1.40. The van der Waals surface area contributed by atoms with E-state index in [1.165, 1.54) is 18.3 Å². The largest absolute Gasteiger partial charge is 0.348 e. The highest BCUT2D eigenvalue weighted by Gasteiger charge is 2.04. The van der Waals surface area contributed by atoms with Gasteiger partial charge >= 0.3 is 0 Å². The highest BCUT2D eigenvalue weighted by Crippen LogP contribution is 2.04. The molecule has 0 bridgehead atoms. The van der Waals surface area contributed by atoms with E-state index in [0.717, 1.165) is 11.1 Å². The molecule has 0 aliphatic rings. The molecule has 0 fully saturated rings. The minimum atomic E-state index is -0.228. The zero-order valence-electron chi connectivity index (χ0n) is 10.3. The fourth-order valence-electron chi connectivity index (χ4n) is 1.63. The molecule has 1 heterocycles. The van der Waals surface area contributed by atoms with Crippen LogP contribution < -0.4 is 16.6 Å². The lowest BCUT2D eigenvalue weighted by Gasteiger charge is -2.06. The van der Waals surface area contributed by atoms with E-state index in [1.54, 1.807) is 0 Å². The molecule has 0 atom stereocenters. The van der Waals surface area contributed by atoms with E-state index in [0.29, 0.717) is 18.7 Å². The summed E-state index contributed by atoms with van der Waals surface area (Å²) < 4.78 is 0. The number of nitrogens with two attached hydrogens (primary N) is 1. The first-order chi connectivity index (χ1) is 9.19. The van der Waals surface area contributed by atoms with Gasteiger partial charge in [-0.1, -0.05) is 24.3 Å². The minimum absolute atomic E-state index is 0.223. The maximum absolute atomic E-state index is 11.8. The predicted molar refractivity (Wildman–Crippen MR) is 72.6 cm³/mol. The molecule has 0 aliphatic heterocycles. The first-order valence-electron chi connectivity index (χ1n) is 5.94. The molecule has 1 aromatic carbocycles. The first-order valence-corrected chi connectivity index (χ1v) is 5.94. The first kappa shape index (κ1) is 13.0. The van der Waals surface area contributed by atoms with Crippen LogP contribution in [0.3, 0.4) is 0 Å². The van der Waals surface area contributed by atoms with Gasteiger partial charge in [-0.05, 0) is 17.2 Å². The van der Waals surface area contributed by atoms with Crippen LogP contribution in [0.5, 0.6) is 0 Å². The van der Waals surface area contributed by atoms with Crippen molar-refractivity contribution in [3.63, 3.8) is 0 Å². The average Bonchev–Trinajstić information content (AvgIpc) is 2.46. The quantitative estimate of drug-likeness (QED) is 0.755. The molecular weight excluding hydrogens is 242 g/mol. The molecule has 0 saturated carbocycles. The fraction of sp³-hybridized carbons (Fsp3) is 0.143. The van der Waals surface area contributed by atoms with Crippen molar-refractivity contribution in [2.24, 2.45) is 5.73 Å². The lowest BCUT2D eigenvalue weighted by molar-refractivity contribution is 0.0950. The molecule has 0 saturated heterocycles. The maximum atomic E-state index is 11.8.